The Morgan fingerprint density at radius 1 is 1.27 bits per heavy atom. The molecule has 1 heterocycles. The summed E-state index contributed by atoms with van der Waals surface area (Å²) in [5.74, 6) is 0.827. The molecule has 2 aromatic rings. The van der Waals surface area contributed by atoms with Crippen LogP contribution in [0.3, 0.4) is 0 Å². The maximum absolute atomic E-state index is 11.9. The van der Waals surface area contributed by atoms with Crippen molar-refractivity contribution >= 4 is 5.91 Å². The number of rotatable bonds is 6. The van der Waals surface area contributed by atoms with Crippen molar-refractivity contribution in [2.75, 3.05) is 13.2 Å². The first-order chi connectivity index (χ1) is 10.4. The van der Waals surface area contributed by atoms with Crippen LogP contribution in [0.1, 0.15) is 23.8 Å². The fourth-order valence-corrected chi connectivity index (χ4v) is 2.16. The van der Waals surface area contributed by atoms with E-state index in [2.05, 4.69) is 5.32 Å². The van der Waals surface area contributed by atoms with Gasteiger partial charge in [-0.25, -0.2) is 0 Å². The molecule has 1 atom stereocenters. The molecule has 1 unspecified atom stereocenters. The SMILES string of the molecule is Cc1cccc(C)c1OCC(=O)NCC(C)(O)c1ccco1. The van der Waals surface area contributed by atoms with E-state index in [1.54, 1.807) is 19.1 Å². The van der Waals surface area contributed by atoms with Crippen LogP contribution in [0.2, 0.25) is 0 Å². The lowest BCUT2D eigenvalue weighted by atomic mass is 10.0. The standard InChI is InChI=1S/C17H21NO4/c1-12-6-4-7-13(2)16(12)22-10-15(19)18-11-17(3,20)14-8-5-9-21-14/h4-9,20H,10-11H2,1-3H3,(H,18,19). The van der Waals surface area contributed by atoms with Crippen molar-refractivity contribution in [2.45, 2.75) is 26.4 Å². The van der Waals surface area contributed by atoms with Gasteiger partial charge in [-0.15, -0.1) is 0 Å². The van der Waals surface area contributed by atoms with Crippen LogP contribution < -0.4 is 10.1 Å². The van der Waals surface area contributed by atoms with E-state index in [9.17, 15) is 9.90 Å². The average molecular weight is 303 g/mol. The molecular weight excluding hydrogens is 282 g/mol. The second kappa shape index (κ2) is 6.66. The van der Waals surface area contributed by atoms with Crippen molar-refractivity contribution in [1.29, 1.82) is 0 Å². The number of benzene rings is 1. The smallest absolute Gasteiger partial charge is 0.258 e. The molecule has 5 nitrogen and oxygen atoms in total. The van der Waals surface area contributed by atoms with Crippen molar-refractivity contribution in [3.63, 3.8) is 0 Å². The number of carbonyl (C=O) groups is 1. The van der Waals surface area contributed by atoms with E-state index in [0.717, 1.165) is 16.9 Å². The molecule has 5 heteroatoms. The van der Waals surface area contributed by atoms with Gasteiger partial charge in [0.1, 0.15) is 17.1 Å². The molecule has 1 amide bonds. The van der Waals surface area contributed by atoms with E-state index in [-0.39, 0.29) is 19.1 Å². The number of hydrogen-bond donors (Lipinski definition) is 2. The van der Waals surface area contributed by atoms with E-state index in [4.69, 9.17) is 9.15 Å². The highest BCUT2D eigenvalue weighted by Crippen LogP contribution is 2.22. The zero-order valence-corrected chi connectivity index (χ0v) is 13.1. The van der Waals surface area contributed by atoms with Gasteiger partial charge in [-0.2, -0.15) is 0 Å². The number of ether oxygens (including phenoxy) is 1. The average Bonchev–Trinajstić information content (AvgIpc) is 3.00. The molecule has 1 aromatic heterocycles. The normalized spacial score (nSPS) is 13.5. The van der Waals surface area contributed by atoms with Crippen molar-refractivity contribution in [3.8, 4) is 5.75 Å². The third-order valence-corrected chi connectivity index (χ3v) is 3.44. The number of aliphatic hydroxyl groups is 1. The van der Waals surface area contributed by atoms with Crippen LogP contribution in [-0.2, 0) is 10.4 Å². The maximum Gasteiger partial charge on any atom is 0.258 e. The third kappa shape index (κ3) is 3.89. The largest absolute Gasteiger partial charge is 0.483 e. The predicted octanol–water partition coefficient (Wildman–Crippen LogP) is 2.30. The zero-order chi connectivity index (χ0) is 16.2. The Morgan fingerprint density at radius 2 is 1.95 bits per heavy atom. The zero-order valence-electron chi connectivity index (χ0n) is 13.1. The minimum Gasteiger partial charge on any atom is -0.483 e. The number of hydrogen-bond acceptors (Lipinski definition) is 4. The number of carbonyl (C=O) groups excluding carboxylic acids is 1. The Hall–Kier alpha value is -2.27. The molecule has 0 saturated carbocycles. The number of aryl methyl sites for hydroxylation is 2. The fourth-order valence-electron chi connectivity index (χ4n) is 2.16. The van der Waals surface area contributed by atoms with Crippen molar-refractivity contribution in [1.82, 2.24) is 5.32 Å². The lowest BCUT2D eigenvalue weighted by Crippen LogP contribution is -2.40. The number of para-hydroxylation sites is 1. The first-order valence-corrected chi connectivity index (χ1v) is 7.12. The summed E-state index contributed by atoms with van der Waals surface area (Å²) in [7, 11) is 0. The van der Waals surface area contributed by atoms with E-state index >= 15 is 0 Å². The van der Waals surface area contributed by atoms with E-state index in [0.29, 0.717) is 5.76 Å². The summed E-state index contributed by atoms with van der Waals surface area (Å²) in [5.41, 5.74) is 0.711. The van der Waals surface area contributed by atoms with Gasteiger partial charge < -0.3 is 19.6 Å². The van der Waals surface area contributed by atoms with Crippen LogP contribution in [0.25, 0.3) is 0 Å². The third-order valence-electron chi connectivity index (χ3n) is 3.44. The summed E-state index contributed by atoms with van der Waals surface area (Å²) in [4.78, 5) is 11.9. The lowest BCUT2D eigenvalue weighted by molar-refractivity contribution is -0.124. The van der Waals surface area contributed by atoms with Crippen LogP contribution in [0, 0.1) is 13.8 Å². The van der Waals surface area contributed by atoms with Gasteiger partial charge in [-0.1, -0.05) is 18.2 Å². The molecule has 1 aromatic carbocycles. The van der Waals surface area contributed by atoms with E-state index < -0.39 is 5.60 Å². The molecule has 2 N–H and O–H groups in total. The first kappa shape index (κ1) is 16.1. The van der Waals surface area contributed by atoms with Crippen molar-refractivity contribution < 1.29 is 19.1 Å². The molecular formula is C17H21NO4. The van der Waals surface area contributed by atoms with Gasteiger partial charge in [-0.05, 0) is 44.0 Å². The van der Waals surface area contributed by atoms with E-state index in [1.807, 2.05) is 32.0 Å². The molecule has 0 fully saturated rings. The van der Waals surface area contributed by atoms with Gasteiger partial charge in [0.15, 0.2) is 6.61 Å². The summed E-state index contributed by atoms with van der Waals surface area (Å²) in [5, 5.41) is 12.9. The molecule has 0 aliphatic rings. The maximum atomic E-state index is 11.9. The second-order valence-corrected chi connectivity index (χ2v) is 5.54. The molecule has 2 rings (SSSR count). The molecule has 0 aliphatic heterocycles. The highest BCUT2D eigenvalue weighted by Gasteiger charge is 2.26. The molecule has 0 spiro atoms. The first-order valence-electron chi connectivity index (χ1n) is 7.12. The highest BCUT2D eigenvalue weighted by molar-refractivity contribution is 5.77. The van der Waals surface area contributed by atoms with Crippen molar-refractivity contribution in [2.24, 2.45) is 0 Å². The van der Waals surface area contributed by atoms with E-state index in [1.165, 1.54) is 6.26 Å². The van der Waals surface area contributed by atoms with Crippen LogP contribution in [0.5, 0.6) is 5.75 Å². The Kier molecular flexibility index (Phi) is 4.88. The quantitative estimate of drug-likeness (QED) is 0.859. The second-order valence-electron chi connectivity index (χ2n) is 5.54. The van der Waals surface area contributed by atoms with Crippen LogP contribution in [0.4, 0.5) is 0 Å². The lowest BCUT2D eigenvalue weighted by Gasteiger charge is -2.21. The van der Waals surface area contributed by atoms with Gasteiger partial charge in [0.25, 0.3) is 5.91 Å². The minimum absolute atomic E-state index is 0.0511. The van der Waals surface area contributed by atoms with Gasteiger partial charge in [0.05, 0.1) is 12.8 Å². The number of furan rings is 1. The Labute approximate surface area is 129 Å². The van der Waals surface area contributed by atoms with Crippen LogP contribution in [-0.4, -0.2) is 24.2 Å². The Bertz CT molecular complexity index is 612. The summed E-state index contributed by atoms with van der Waals surface area (Å²) >= 11 is 0. The van der Waals surface area contributed by atoms with Crippen molar-refractivity contribution in [3.05, 3.63) is 53.5 Å². The number of amides is 1. The fraction of sp³-hybridized carbons (Fsp3) is 0.353. The molecule has 0 saturated heterocycles. The molecule has 22 heavy (non-hydrogen) atoms. The molecule has 118 valence electrons. The van der Waals surface area contributed by atoms with Gasteiger partial charge in [0.2, 0.25) is 0 Å². The Balaban J connectivity index is 1.86. The van der Waals surface area contributed by atoms with Crippen LogP contribution >= 0.6 is 0 Å². The van der Waals surface area contributed by atoms with Gasteiger partial charge in [0, 0.05) is 0 Å². The Morgan fingerprint density at radius 3 is 2.55 bits per heavy atom. The predicted molar refractivity (Wildman–Crippen MR) is 82.7 cm³/mol. The minimum atomic E-state index is -1.25. The summed E-state index contributed by atoms with van der Waals surface area (Å²) in [6, 6.07) is 9.16. The molecule has 0 radical (unpaired) electrons. The van der Waals surface area contributed by atoms with Gasteiger partial charge in [-0.3, -0.25) is 4.79 Å². The highest BCUT2D eigenvalue weighted by atomic mass is 16.5. The summed E-state index contributed by atoms with van der Waals surface area (Å²) < 4.78 is 10.7. The topological polar surface area (TPSA) is 71.7 Å². The van der Waals surface area contributed by atoms with Crippen LogP contribution in [0.15, 0.2) is 41.0 Å². The number of nitrogens with one attached hydrogen (secondary N) is 1. The summed E-state index contributed by atoms with van der Waals surface area (Å²) in [6.07, 6.45) is 1.48. The molecule has 0 bridgehead atoms. The monoisotopic (exact) mass is 303 g/mol. The van der Waals surface area contributed by atoms with Gasteiger partial charge >= 0.3 is 0 Å². The summed E-state index contributed by atoms with van der Waals surface area (Å²) in [6.45, 7) is 5.40. The molecule has 0 aliphatic carbocycles.